The van der Waals surface area contributed by atoms with Gasteiger partial charge in [-0.15, -0.1) is 0 Å². The van der Waals surface area contributed by atoms with E-state index in [9.17, 15) is 13.6 Å². The number of anilines is 1. The molecule has 1 fully saturated rings. The van der Waals surface area contributed by atoms with Gasteiger partial charge >= 0.3 is 0 Å². The number of hydrogen-bond acceptors (Lipinski definition) is 4. The average molecular weight is 273 g/mol. The van der Waals surface area contributed by atoms with Gasteiger partial charge < -0.3 is 19.5 Å². The third kappa shape index (κ3) is 3.71. The Morgan fingerprint density at radius 2 is 2.05 bits per heavy atom. The van der Waals surface area contributed by atoms with Crippen LogP contribution in [0.2, 0.25) is 0 Å². The van der Waals surface area contributed by atoms with Gasteiger partial charge in [-0.1, -0.05) is 12.1 Å². The lowest BCUT2D eigenvalue weighted by atomic mass is 10.1. The summed E-state index contributed by atoms with van der Waals surface area (Å²) < 4.78 is 30.5. The fraction of sp³-hybridized carbons (Fsp3) is 0.462. The summed E-state index contributed by atoms with van der Waals surface area (Å²) in [6.07, 6.45) is 0.0424. The van der Waals surface area contributed by atoms with E-state index in [1.807, 2.05) is 0 Å². The normalized spacial score (nSPS) is 17.8. The number of alkyl halides is 2. The number of carbonyl (C=O) groups is 1. The molecular weight excluding hydrogens is 256 g/mol. The van der Waals surface area contributed by atoms with Crippen molar-refractivity contribution in [1.29, 1.82) is 0 Å². The smallest absolute Gasteiger partial charge is 0.282 e. The van der Waals surface area contributed by atoms with Gasteiger partial charge in [-0.3, -0.25) is 0 Å². The minimum Gasteiger partial charge on any atom is -0.400 e. The third-order valence-corrected chi connectivity index (χ3v) is 2.79. The Morgan fingerprint density at radius 3 is 2.53 bits per heavy atom. The standard InChI is InChI=1S/C12H13F2NO2.CH4O/c1-17-11(6-16)9-3-2-4-10(5-9)15-7-12(13,14)8-15;1-2/h2-6,11H,7-8H2,1H3;2H,1H3. The van der Waals surface area contributed by atoms with Crippen LogP contribution in [0.4, 0.5) is 14.5 Å². The molecule has 1 aliphatic rings. The van der Waals surface area contributed by atoms with E-state index in [2.05, 4.69) is 0 Å². The molecule has 0 amide bonds. The minimum atomic E-state index is -2.60. The highest BCUT2D eigenvalue weighted by molar-refractivity contribution is 5.62. The molecule has 19 heavy (non-hydrogen) atoms. The first-order chi connectivity index (χ1) is 9.05. The van der Waals surface area contributed by atoms with E-state index in [1.165, 1.54) is 7.11 Å². The first-order valence-corrected chi connectivity index (χ1v) is 5.71. The van der Waals surface area contributed by atoms with Crippen molar-refractivity contribution >= 4 is 12.0 Å². The number of aliphatic hydroxyl groups excluding tert-OH is 1. The summed E-state index contributed by atoms with van der Waals surface area (Å²) in [5.74, 6) is -2.60. The monoisotopic (exact) mass is 273 g/mol. The van der Waals surface area contributed by atoms with Crippen LogP contribution >= 0.6 is 0 Å². The predicted molar refractivity (Wildman–Crippen MR) is 67.6 cm³/mol. The summed E-state index contributed by atoms with van der Waals surface area (Å²) in [6, 6.07) is 6.93. The number of carbonyl (C=O) groups excluding carboxylic acids is 1. The molecule has 0 aliphatic carbocycles. The lowest BCUT2D eigenvalue weighted by molar-refractivity contribution is -0.116. The molecule has 1 aromatic carbocycles. The van der Waals surface area contributed by atoms with Crippen LogP contribution in [-0.2, 0) is 9.53 Å². The lowest BCUT2D eigenvalue weighted by Crippen LogP contribution is -2.56. The molecule has 1 aliphatic heterocycles. The van der Waals surface area contributed by atoms with Gasteiger partial charge in [0.05, 0.1) is 13.1 Å². The lowest BCUT2D eigenvalue weighted by Gasteiger charge is -2.40. The Bertz CT molecular complexity index is 418. The van der Waals surface area contributed by atoms with Crippen molar-refractivity contribution in [3.05, 3.63) is 29.8 Å². The van der Waals surface area contributed by atoms with E-state index in [4.69, 9.17) is 9.84 Å². The highest BCUT2D eigenvalue weighted by Crippen LogP contribution is 2.32. The Balaban J connectivity index is 0.000000861. The highest BCUT2D eigenvalue weighted by Gasteiger charge is 2.43. The molecular formula is C13H17F2NO3. The van der Waals surface area contributed by atoms with Gasteiger partial charge in [0.2, 0.25) is 0 Å². The maximum atomic E-state index is 12.7. The van der Waals surface area contributed by atoms with Gasteiger partial charge in [-0.25, -0.2) is 8.78 Å². The number of nitrogens with zero attached hydrogens (tertiary/aromatic N) is 1. The number of hydrogen-bond donors (Lipinski definition) is 1. The van der Waals surface area contributed by atoms with E-state index in [-0.39, 0.29) is 13.1 Å². The van der Waals surface area contributed by atoms with Crippen molar-refractivity contribution in [2.24, 2.45) is 0 Å². The molecule has 0 bridgehead atoms. The zero-order valence-corrected chi connectivity index (χ0v) is 10.8. The minimum absolute atomic E-state index is 0.269. The van der Waals surface area contributed by atoms with Gasteiger partial charge in [0.25, 0.3) is 5.92 Å². The van der Waals surface area contributed by atoms with Crippen LogP contribution in [0, 0.1) is 0 Å². The Labute approximate surface area is 110 Å². The summed E-state index contributed by atoms with van der Waals surface area (Å²) in [4.78, 5) is 12.3. The van der Waals surface area contributed by atoms with Crippen LogP contribution in [0.3, 0.4) is 0 Å². The first-order valence-electron chi connectivity index (χ1n) is 5.71. The molecule has 1 aromatic rings. The number of halogens is 2. The average Bonchev–Trinajstić information content (AvgIpc) is 2.40. The first kappa shape index (κ1) is 15.5. The number of methoxy groups -OCH3 is 1. The molecule has 0 radical (unpaired) electrons. The van der Waals surface area contributed by atoms with Crippen molar-refractivity contribution in [1.82, 2.24) is 0 Å². The molecule has 0 spiro atoms. The largest absolute Gasteiger partial charge is 0.400 e. The summed E-state index contributed by atoms with van der Waals surface area (Å²) in [6.45, 7) is -0.537. The van der Waals surface area contributed by atoms with E-state index < -0.39 is 12.0 Å². The summed E-state index contributed by atoms with van der Waals surface area (Å²) in [5.41, 5.74) is 1.37. The number of benzene rings is 1. The number of rotatable bonds is 4. The van der Waals surface area contributed by atoms with E-state index in [1.54, 1.807) is 29.2 Å². The van der Waals surface area contributed by atoms with Crippen molar-refractivity contribution < 1.29 is 23.4 Å². The SMILES string of the molecule is CO.COC(C=O)c1cccc(N2CC(F)(F)C2)c1. The summed E-state index contributed by atoms with van der Waals surface area (Å²) in [7, 11) is 2.43. The molecule has 1 atom stereocenters. The predicted octanol–water partition coefficient (Wildman–Crippen LogP) is 1.64. The molecule has 1 saturated heterocycles. The number of ether oxygens (including phenoxy) is 1. The second-order valence-electron chi connectivity index (χ2n) is 4.10. The molecule has 6 heteroatoms. The number of aldehydes is 1. The number of aliphatic hydroxyl groups is 1. The topological polar surface area (TPSA) is 49.8 Å². The molecule has 2 rings (SSSR count). The van der Waals surface area contributed by atoms with Crippen LogP contribution in [0.1, 0.15) is 11.7 Å². The van der Waals surface area contributed by atoms with Crippen molar-refractivity contribution in [3.8, 4) is 0 Å². The zero-order chi connectivity index (χ0) is 14.5. The molecule has 0 saturated carbocycles. The Kier molecular flexibility index (Phi) is 5.38. The zero-order valence-electron chi connectivity index (χ0n) is 10.8. The summed E-state index contributed by atoms with van der Waals surface area (Å²) >= 11 is 0. The molecule has 1 unspecified atom stereocenters. The van der Waals surface area contributed by atoms with Crippen LogP contribution in [0.25, 0.3) is 0 Å². The van der Waals surface area contributed by atoms with Crippen molar-refractivity contribution in [2.45, 2.75) is 12.0 Å². The molecule has 0 aromatic heterocycles. The fourth-order valence-electron chi connectivity index (χ4n) is 1.86. The summed E-state index contributed by atoms with van der Waals surface area (Å²) in [5, 5.41) is 7.00. The Morgan fingerprint density at radius 1 is 1.42 bits per heavy atom. The quantitative estimate of drug-likeness (QED) is 0.847. The van der Waals surface area contributed by atoms with Gasteiger partial charge in [-0.2, -0.15) is 0 Å². The van der Waals surface area contributed by atoms with Gasteiger partial charge in [0.15, 0.2) is 6.29 Å². The maximum Gasteiger partial charge on any atom is 0.282 e. The van der Waals surface area contributed by atoms with Gasteiger partial charge in [0, 0.05) is 19.9 Å². The molecule has 4 nitrogen and oxygen atoms in total. The van der Waals surface area contributed by atoms with Crippen LogP contribution < -0.4 is 4.90 Å². The van der Waals surface area contributed by atoms with Crippen molar-refractivity contribution in [3.63, 3.8) is 0 Å². The Hall–Kier alpha value is -1.53. The fourth-order valence-corrected chi connectivity index (χ4v) is 1.86. The third-order valence-electron chi connectivity index (χ3n) is 2.79. The molecule has 106 valence electrons. The highest BCUT2D eigenvalue weighted by atomic mass is 19.3. The van der Waals surface area contributed by atoms with Crippen molar-refractivity contribution in [2.75, 3.05) is 32.2 Å². The second kappa shape index (κ2) is 6.58. The van der Waals surface area contributed by atoms with Crippen LogP contribution in [-0.4, -0.2) is 44.6 Å². The van der Waals surface area contributed by atoms with E-state index in [0.717, 1.165) is 7.11 Å². The van der Waals surface area contributed by atoms with Crippen LogP contribution in [0.5, 0.6) is 0 Å². The molecule has 1 N–H and O–H groups in total. The van der Waals surface area contributed by atoms with Gasteiger partial charge in [-0.05, 0) is 17.7 Å². The van der Waals surface area contributed by atoms with E-state index >= 15 is 0 Å². The van der Waals surface area contributed by atoms with Crippen LogP contribution in [0.15, 0.2) is 24.3 Å². The van der Waals surface area contributed by atoms with Gasteiger partial charge in [0.1, 0.15) is 6.10 Å². The van der Waals surface area contributed by atoms with E-state index in [0.29, 0.717) is 17.5 Å². The molecule has 1 heterocycles. The second-order valence-corrected chi connectivity index (χ2v) is 4.10. The maximum absolute atomic E-state index is 12.7.